The molecule has 0 aliphatic rings. The first-order valence-electron chi connectivity index (χ1n) is 8.02. The van der Waals surface area contributed by atoms with Crippen molar-refractivity contribution in [1.29, 1.82) is 10.5 Å². The minimum absolute atomic E-state index is 0.0602. The van der Waals surface area contributed by atoms with Crippen molar-refractivity contribution >= 4 is 28.9 Å². The molecule has 6 nitrogen and oxygen atoms in total. The third kappa shape index (κ3) is 4.22. The number of rotatable bonds is 6. The van der Waals surface area contributed by atoms with Crippen LogP contribution in [0.5, 0.6) is 11.5 Å². The maximum absolute atomic E-state index is 8.93. The van der Waals surface area contributed by atoms with E-state index >= 15 is 0 Å². The molecule has 0 atom stereocenters. The van der Waals surface area contributed by atoms with Crippen molar-refractivity contribution in [2.75, 3.05) is 14.2 Å². The van der Waals surface area contributed by atoms with E-state index in [-0.39, 0.29) is 5.57 Å². The molecule has 0 fully saturated rings. The lowest BCUT2D eigenvalue weighted by Gasteiger charge is -2.08. The molecule has 0 amide bonds. The summed E-state index contributed by atoms with van der Waals surface area (Å²) in [5.41, 5.74) is 3.57. The lowest BCUT2D eigenvalue weighted by atomic mass is 10.1. The number of nitrogens with one attached hydrogen (secondary N) is 1. The van der Waals surface area contributed by atoms with Gasteiger partial charge in [-0.15, -0.1) is 0 Å². The van der Waals surface area contributed by atoms with E-state index in [1.807, 2.05) is 48.5 Å². The zero-order chi connectivity index (χ0) is 19.2. The van der Waals surface area contributed by atoms with E-state index in [1.165, 1.54) is 0 Å². The number of aromatic nitrogens is 2. The number of allylic oxidation sites excluding steroid dienone is 1. The molecule has 7 heteroatoms. The molecule has 2 aromatic carbocycles. The van der Waals surface area contributed by atoms with E-state index in [9.17, 15) is 0 Å². The summed E-state index contributed by atoms with van der Waals surface area (Å²) in [6.45, 7) is 0. The Morgan fingerprint density at radius 2 is 1.96 bits per heavy atom. The SMILES string of the molecule is COc1ccc2nc(SCc3cc(C=C(C#N)C#N)ccc3OC)[nH]c2c1. The largest absolute Gasteiger partial charge is 0.497 e. The molecule has 0 spiro atoms. The molecule has 0 saturated carbocycles. The van der Waals surface area contributed by atoms with Gasteiger partial charge in [0.25, 0.3) is 0 Å². The van der Waals surface area contributed by atoms with Gasteiger partial charge in [0.2, 0.25) is 0 Å². The minimum Gasteiger partial charge on any atom is -0.497 e. The Labute approximate surface area is 161 Å². The summed E-state index contributed by atoms with van der Waals surface area (Å²) in [5.74, 6) is 2.14. The quantitative estimate of drug-likeness (QED) is 0.509. The molecule has 1 aromatic heterocycles. The van der Waals surface area contributed by atoms with Gasteiger partial charge in [0.1, 0.15) is 29.2 Å². The smallest absolute Gasteiger partial charge is 0.166 e. The maximum Gasteiger partial charge on any atom is 0.166 e. The first kappa shape index (κ1) is 18.4. The van der Waals surface area contributed by atoms with Crippen molar-refractivity contribution in [2.24, 2.45) is 0 Å². The summed E-state index contributed by atoms with van der Waals surface area (Å²) in [5, 5.41) is 18.6. The first-order chi connectivity index (χ1) is 13.2. The zero-order valence-corrected chi connectivity index (χ0v) is 15.6. The highest BCUT2D eigenvalue weighted by atomic mass is 32.2. The number of ether oxygens (including phenoxy) is 2. The van der Waals surface area contributed by atoms with Crippen LogP contribution in [0.1, 0.15) is 11.1 Å². The third-order valence-electron chi connectivity index (χ3n) is 3.89. The van der Waals surface area contributed by atoms with Gasteiger partial charge >= 0.3 is 0 Å². The summed E-state index contributed by atoms with van der Waals surface area (Å²) >= 11 is 1.54. The van der Waals surface area contributed by atoms with Crippen LogP contribution in [-0.2, 0) is 5.75 Å². The highest BCUT2D eigenvalue weighted by Gasteiger charge is 2.09. The van der Waals surface area contributed by atoms with E-state index in [1.54, 1.807) is 32.1 Å². The van der Waals surface area contributed by atoms with E-state index in [2.05, 4.69) is 9.97 Å². The van der Waals surface area contributed by atoms with Crippen LogP contribution in [0.2, 0.25) is 0 Å². The number of aromatic amines is 1. The molecule has 3 rings (SSSR count). The second-order valence-electron chi connectivity index (χ2n) is 5.57. The number of hydrogen-bond donors (Lipinski definition) is 1. The Balaban J connectivity index is 1.83. The number of imidazole rings is 1. The Morgan fingerprint density at radius 1 is 1.15 bits per heavy atom. The number of H-pyrrole nitrogens is 1. The van der Waals surface area contributed by atoms with Crippen molar-refractivity contribution in [3.63, 3.8) is 0 Å². The van der Waals surface area contributed by atoms with Gasteiger partial charge in [-0.2, -0.15) is 10.5 Å². The van der Waals surface area contributed by atoms with Crippen molar-refractivity contribution in [3.05, 3.63) is 53.1 Å². The van der Waals surface area contributed by atoms with E-state index in [4.69, 9.17) is 20.0 Å². The van der Waals surface area contributed by atoms with Crippen molar-refractivity contribution < 1.29 is 9.47 Å². The Bertz CT molecular complexity index is 1070. The van der Waals surface area contributed by atoms with Gasteiger partial charge in [-0.05, 0) is 35.9 Å². The first-order valence-corrected chi connectivity index (χ1v) is 9.00. The monoisotopic (exact) mass is 376 g/mol. The highest BCUT2D eigenvalue weighted by Crippen LogP contribution is 2.30. The second kappa shape index (κ2) is 8.31. The second-order valence-corrected chi connectivity index (χ2v) is 6.53. The number of benzene rings is 2. The van der Waals surface area contributed by atoms with E-state index in [0.717, 1.165) is 38.8 Å². The molecule has 0 aliphatic heterocycles. The molecule has 134 valence electrons. The fraction of sp³-hybridized carbons (Fsp3) is 0.150. The fourth-order valence-electron chi connectivity index (χ4n) is 2.56. The lowest BCUT2D eigenvalue weighted by molar-refractivity contribution is 0.411. The third-order valence-corrected chi connectivity index (χ3v) is 4.81. The lowest BCUT2D eigenvalue weighted by Crippen LogP contribution is -1.92. The van der Waals surface area contributed by atoms with Gasteiger partial charge in [0.15, 0.2) is 5.16 Å². The van der Waals surface area contributed by atoms with Crippen molar-refractivity contribution in [1.82, 2.24) is 9.97 Å². The molecular weight excluding hydrogens is 360 g/mol. The Kier molecular flexibility index (Phi) is 5.65. The van der Waals surface area contributed by atoms with Crippen LogP contribution < -0.4 is 9.47 Å². The Hall–Kier alpha value is -3.42. The summed E-state index contributed by atoms with van der Waals surface area (Å²) in [6.07, 6.45) is 1.56. The number of nitrogens with zero attached hydrogens (tertiary/aromatic N) is 3. The number of methoxy groups -OCH3 is 2. The normalized spacial score (nSPS) is 10.1. The molecule has 0 aliphatic carbocycles. The maximum atomic E-state index is 8.93. The van der Waals surface area contributed by atoms with E-state index in [0.29, 0.717) is 5.75 Å². The average molecular weight is 376 g/mol. The Morgan fingerprint density at radius 3 is 2.67 bits per heavy atom. The molecule has 27 heavy (non-hydrogen) atoms. The van der Waals surface area contributed by atoms with Crippen molar-refractivity contribution in [2.45, 2.75) is 10.9 Å². The van der Waals surface area contributed by atoms with Gasteiger partial charge < -0.3 is 14.5 Å². The van der Waals surface area contributed by atoms with Crippen LogP contribution in [0.15, 0.2) is 47.1 Å². The number of hydrogen-bond acceptors (Lipinski definition) is 6. The standard InChI is InChI=1S/C20H16N4O2S/c1-25-16-4-5-17-18(9-16)24-20(23-17)27-12-15-8-13(3-6-19(15)26-2)7-14(10-21)11-22/h3-9H,12H2,1-2H3,(H,23,24). The van der Waals surface area contributed by atoms with Gasteiger partial charge in [0.05, 0.1) is 25.3 Å². The summed E-state index contributed by atoms with van der Waals surface area (Å²) in [6, 6.07) is 15.0. The molecule has 3 aromatic rings. The molecule has 0 unspecified atom stereocenters. The minimum atomic E-state index is 0.0602. The highest BCUT2D eigenvalue weighted by molar-refractivity contribution is 7.98. The van der Waals surface area contributed by atoms with Gasteiger partial charge in [-0.25, -0.2) is 4.98 Å². The van der Waals surface area contributed by atoms with Crippen LogP contribution >= 0.6 is 11.8 Å². The number of fused-ring (bicyclic) bond motifs is 1. The number of nitriles is 2. The average Bonchev–Trinajstić information content (AvgIpc) is 3.12. The summed E-state index contributed by atoms with van der Waals surface area (Å²) < 4.78 is 10.7. The van der Waals surface area contributed by atoms with Crippen LogP contribution in [0.25, 0.3) is 17.1 Å². The molecule has 1 N–H and O–H groups in total. The van der Waals surface area contributed by atoms with E-state index < -0.39 is 0 Å². The molecule has 0 bridgehead atoms. The molecular formula is C20H16N4O2S. The van der Waals surface area contributed by atoms with Crippen molar-refractivity contribution in [3.8, 4) is 23.6 Å². The molecule has 0 radical (unpaired) electrons. The van der Waals surface area contributed by atoms with Gasteiger partial charge in [-0.3, -0.25) is 0 Å². The van der Waals surface area contributed by atoms with Crippen LogP contribution in [0.3, 0.4) is 0 Å². The summed E-state index contributed by atoms with van der Waals surface area (Å²) in [7, 11) is 3.24. The summed E-state index contributed by atoms with van der Waals surface area (Å²) in [4.78, 5) is 7.85. The predicted octanol–water partition coefficient (Wildman–Crippen LogP) is 4.30. The number of thioether (sulfide) groups is 1. The zero-order valence-electron chi connectivity index (χ0n) is 14.8. The fourth-order valence-corrected chi connectivity index (χ4v) is 3.43. The van der Waals surface area contributed by atoms with Crippen LogP contribution in [0.4, 0.5) is 0 Å². The molecule has 0 saturated heterocycles. The molecule has 1 heterocycles. The van der Waals surface area contributed by atoms with Crippen LogP contribution in [-0.4, -0.2) is 24.2 Å². The van der Waals surface area contributed by atoms with Gasteiger partial charge in [0, 0.05) is 17.4 Å². The van der Waals surface area contributed by atoms with Crippen LogP contribution in [0, 0.1) is 22.7 Å². The predicted molar refractivity (Wildman–Crippen MR) is 104 cm³/mol. The topological polar surface area (TPSA) is 94.7 Å². The van der Waals surface area contributed by atoms with Gasteiger partial charge in [-0.1, -0.05) is 17.8 Å².